The lowest BCUT2D eigenvalue weighted by Crippen LogP contribution is -2.47. The molecular weight excluding hydrogens is 286 g/mol. The predicted octanol–water partition coefficient (Wildman–Crippen LogP) is 2.90. The van der Waals surface area contributed by atoms with Gasteiger partial charge in [-0.25, -0.2) is 18.1 Å². The van der Waals surface area contributed by atoms with Crippen LogP contribution in [0.1, 0.15) is 52.4 Å². The first kappa shape index (κ1) is 16.2. The van der Waals surface area contributed by atoms with E-state index in [-0.39, 0.29) is 10.4 Å². The fourth-order valence-corrected chi connectivity index (χ4v) is 4.12. The first-order chi connectivity index (χ1) is 9.95. The van der Waals surface area contributed by atoms with Crippen LogP contribution in [0.2, 0.25) is 0 Å². The molecule has 0 atom stereocenters. The van der Waals surface area contributed by atoms with Crippen LogP contribution in [0, 0.1) is 0 Å². The minimum absolute atomic E-state index is 0.233. The molecule has 0 aromatic carbocycles. The smallest absolute Gasteiger partial charge is 0.242 e. The molecule has 1 fully saturated rings. The van der Waals surface area contributed by atoms with Gasteiger partial charge in [-0.2, -0.15) is 0 Å². The number of anilines is 1. The summed E-state index contributed by atoms with van der Waals surface area (Å²) in [7, 11) is -3.50. The molecule has 1 aliphatic rings. The van der Waals surface area contributed by atoms with E-state index in [2.05, 4.69) is 21.9 Å². The van der Waals surface area contributed by atoms with E-state index in [0.29, 0.717) is 5.82 Å². The molecule has 0 saturated heterocycles. The molecule has 0 bridgehead atoms. The number of rotatable bonds is 6. The van der Waals surface area contributed by atoms with Crippen molar-refractivity contribution in [1.29, 1.82) is 0 Å². The van der Waals surface area contributed by atoms with E-state index >= 15 is 0 Å². The van der Waals surface area contributed by atoms with E-state index in [4.69, 9.17) is 0 Å². The number of hydrogen-bond acceptors (Lipinski definition) is 4. The second kappa shape index (κ2) is 6.75. The fourth-order valence-electron chi connectivity index (χ4n) is 2.71. The molecule has 21 heavy (non-hydrogen) atoms. The Hall–Kier alpha value is -1.14. The maximum Gasteiger partial charge on any atom is 0.242 e. The van der Waals surface area contributed by atoms with E-state index in [0.717, 1.165) is 38.6 Å². The molecule has 0 spiro atoms. The van der Waals surface area contributed by atoms with E-state index in [1.54, 1.807) is 12.1 Å². The van der Waals surface area contributed by atoms with Crippen molar-refractivity contribution < 1.29 is 8.42 Å². The summed E-state index contributed by atoms with van der Waals surface area (Å²) in [6, 6.07) is 3.33. The number of aromatic nitrogens is 1. The number of hydrogen-bond donors (Lipinski definition) is 2. The Balaban J connectivity index is 2.08. The van der Waals surface area contributed by atoms with Crippen LogP contribution in [-0.2, 0) is 10.0 Å². The summed E-state index contributed by atoms with van der Waals surface area (Å²) in [6.07, 6.45) is 7.57. The molecule has 0 amide bonds. The Kier molecular flexibility index (Phi) is 5.22. The molecule has 0 radical (unpaired) electrons. The Morgan fingerprint density at radius 3 is 2.52 bits per heavy atom. The van der Waals surface area contributed by atoms with Crippen molar-refractivity contribution in [2.24, 2.45) is 0 Å². The van der Waals surface area contributed by atoms with Gasteiger partial charge in [0.25, 0.3) is 0 Å². The second-order valence-corrected chi connectivity index (χ2v) is 7.72. The molecule has 0 unspecified atom stereocenters. The molecule has 1 heterocycles. The van der Waals surface area contributed by atoms with Crippen LogP contribution in [-0.4, -0.2) is 25.5 Å². The first-order valence-corrected chi connectivity index (χ1v) is 9.17. The average Bonchev–Trinajstić information content (AvgIpc) is 2.45. The van der Waals surface area contributed by atoms with Gasteiger partial charge in [-0.3, -0.25) is 0 Å². The third-order valence-corrected chi connectivity index (χ3v) is 5.56. The predicted molar refractivity (Wildman–Crippen MR) is 84.8 cm³/mol. The van der Waals surface area contributed by atoms with E-state index in [1.165, 1.54) is 12.6 Å². The molecule has 118 valence electrons. The van der Waals surface area contributed by atoms with E-state index in [9.17, 15) is 8.42 Å². The highest BCUT2D eigenvalue weighted by Crippen LogP contribution is 2.29. The van der Waals surface area contributed by atoms with Crippen molar-refractivity contribution >= 4 is 15.8 Å². The quantitative estimate of drug-likeness (QED) is 0.847. The first-order valence-electron chi connectivity index (χ1n) is 7.69. The maximum atomic E-state index is 12.5. The van der Waals surface area contributed by atoms with Gasteiger partial charge in [0.1, 0.15) is 10.7 Å². The molecule has 2 N–H and O–H groups in total. The average molecular weight is 311 g/mol. The van der Waals surface area contributed by atoms with Gasteiger partial charge in [-0.1, -0.05) is 26.2 Å². The van der Waals surface area contributed by atoms with Gasteiger partial charge in [0.05, 0.1) is 0 Å². The van der Waals surface area contributed by atoms with Crippen molar-refractivity contribution in [3.8, 4) is 0 Å². The molecule has 1 aromatic rings. The van der Waals surface area contributed by atoms with Gasteiger partial charge >= 0.3 is 0 Å². The lowest BCUT2D eigenvalue weighted by Gasteiger charge is -2.34. The molecule has 2 rings (SSSR count). The number of nitrogens with zero attached hydrogens (tertiary/aromatic N) is 1. The van der Waals surface area contributed by atoms with Crippen molar-refractivity contribution in [3.63, 3.8) is 0 Å². The third kappa shape index (κ3) is 4.41. The highest BCUT2D eigenvalue weighted by atomic mass is 32.2. The van der Waals surface area contributed by atoms with Gasteiger partial charge in [0, 0.05) is 18.3 Å². The summed E-state index contributed by atoms with van der Waals surface area (Å²) in [5.74, 6) is 0.708. The summed E-state index contributed by atoms with van der Waals surface area (Å²) in [4.78, 5) is 4.40. The van der Waals surface area contributed by atoms with Crippen LogP contribution in [0.4, 0.5) is 5.82 Å². The lowest BCUT2D eigenvalue weighted by atomic mass is 9.84. The van der Waals surface area contributed by atoms with Gasteiger partial charge in [-0.05, 0) is 38.3 Å². The topological polar surface area (TPSA) is 71.1 Å². The number of sulfonamides is 1. The van der Waals surface area contributed by atoms with Crippen LogP contribution in [0.3, 0.4) is 0 Å². The Morgan fingerprint density at radius 1 is 1.24 bits per heavy atom. The zero-order chi connectivity index (χ0) is 15.3. The molecule has 1 saturated carbocycles. The largest absolute Gasteiger partial charge is 0.370 e. The SMILES string of the molecule is CCCNc1ccc(S(=O)(=O)NC2(C)CCCCC2)cn1. The Labute approximate surface area is 127 Å². The van der Waals surface area contributed by atoms with Crippen LogP contribution in [0.5, 0.6) is 0 Å². The zero-order valence-corrected chi connectivity index (χ0v) is 13.7. The van der Waals surface area contributed by atoms with E-state index < -0.39 is 10.0 Å². The van der Waals surface area contributed by atoms with Gasteiger partial charge in [0.2, 0.25) is 10.0 Å². The van der Waals surface area contributed by atoms with Crippen LogP contribution < -0.4 is 10.0 Å². The zero-order valence-electron chi connectivity index (χ0n) is 12.9. The summed E-state index contributed by atoms with van der Waals surface area (Å²) in [6.45, 7) is 4.89. The van der Waals surface area contributed by atoms with E-state index in [1.807, 2.05) is 6.92 Å². The minimum atomic E-state index is -3.50. The Morgan fingerprint density at radius 2 is 1.95 bits per heavy atom. The summed E-state index contributed by atoms with van der Waals surface area (Å²) < 4.78 is 27.8. The van der Waals surface area contributed by atoms with Crippen molar-refractivity contribution in [2.75, 3.05) is 11.9 Å². The van der Waals surface area contributed by atoms with Crippen LogP contribution in [0.25, 0.3) is 0 Å². The molecular formula is C15H25N3O2S. The number of nitrogens with one attached hydrogen (secondary N) is 2. The van der Waals surface area contributed by atoms with Crippen molar-refractivity contribution in [2.45, 2.75) is 62.8 Å². The molecule has 1 aromatic heterocycles. The van der Waals surface area contributed by atoms with Crippen LogP contribution >= 0.6 is 0 Å². The van der Waals surface area contributed by atoms with Crippen LogP contribution in [0.15, 0.2) is 23.2 Å². The van der Waals surface area contributed by atoms with Crippen molar-refractivity contribution in [3.05, 3.63) is 18.3 Å². The maximum absolute atomic E-state index is 12.5. The minimum Gasteiger partial charge on any atom is -0.370 e. The second-order valence-electron chi connectivity index (χ2n) is 6.03. The Bertz CT molecular complexity index is 549. The highest BCUT2D eigenvalue weighted by molar-refractivity contribution is 7.89. The summed E-state index contributed by atoms with van der Waals surface area (Å²) in [5.41, 5.74) is -0.323. The highest BCUT2D eigenvalue weighted by Gasteiger charge is 2.32. The van der Waals surface area contributed by atoms with Crippen molar-refractivity contribution in [1.82, 2.24) is 9.71 Å². The lowest BCUT2D eigenvalue weighted by molar-refractivity contribution is 0.294. The van der Waals surface area contributed by atoms with Gasteiger partial charge in [0.15, 0.2) is 0 Å². The third-order valence-electron chi connectivity index (χ3n) is 3.94. The monoisotopic (exact) mass is 311 g/mol. The number of pyridine rings is 1. The molecule has 0 aliphatic heterocycles. The summed E-state index contributed by atoms with van der Waals surface area (Å²) >= 11 is 0. The molecule has 5 nitrogen and oxygen atoms in total. The molecule has 6 heteroatoms. The van der Waals surface area contributed by atoms with Gasteiger partial charge < -0.3 is 5.32 Å². The molecule has 1 aliphatic carbocycles. The normalized spacial score (nSPS) is 18.4. The standard InChI is InChI=1S/C15H25N3O2S/c1-3-11-16-14-8-7-13(12-17-14)21(19,20)18-15(2)9-5-4-6-10-15/h7-8,12,18H,3-6,9-11H2,1-2H3,(H,16,17). The fraction of sp³-hybridized carbons (Fsp3) is 0.667. The summed E-state index contributed by atoms with van der Waals surface area (Å²) in [5, 5.41) is 3.14. The van der Waals surface area contributed by atoms with Gasteiger partial charge in [-0.15, -0.1) is 0 Å².